The van der Waals surface area contributed by atoms with Gasteiger partial charge in [0.25, 0.3) is 0 Å². The lowest BCUT2D eigenvalue weighted by molar-refractivity contribution is 0.0524. The molecule has 0 aliphatic heterocycles. The van der Waals surface area contributed by atoms with E-state index in [1.807, 2.05) is 60.0 Å². The zero-order chi connectivity index (χ0) is 21.1. The zero-order valence-electron chi connectivity index (χ0n) is 16.5. The smallest absolute Gasteiger partial charge is 0.340 e. The molecule has 0 saturated carbocycles. The van der Waals surface area contributed by atoms with E-state index in [9.17, 15) is 4.79 Å². The van der Waals surface area contributed by atoms with Crippen LogP contribution in [-0.4, -0.2) is 32.3 Å². The first-order chi connectivity index (χ1) is 14.6. The molecule has 2 heterocycles. The minimum atomic E-state index is -0.361. The summed E-state index contributed by atoms with van der Waals surface area (Å²) in [6.07, 6.45) is 1.64. The lowest BCUT2D eigenvalue weighted by Gasteiger charge is -2.14. The van der Waals surface area contributed by atoms with Gasteiger partial charge in [-0.1, -0.05) is 47.6 Å². The Bertz CT molecular complexity index is 1220. The second-order valence-corrected chi connectivity index (χ2v) is 7.93. The first-order valence-corrected chi connectivity index (χ1v) is 10.8. The van der Waals surface area contributed by atoms with Gasteiger partial charge in [-0.15, -0.1) is 10.2 Å². The third-order valence-corrected chi connectivity index (χ3v) is 5.84. The number of hydrogen-bond donors (Lipinski definition) is 0. The van der Waals surface area contributed by atoms with Crippen molar-refractivity contribution in [3.05, 3.63) is 76.7 Å². The van der Waals surface area contributed by atoms with E-state index >= 15 is 0 Å². The number of ether oxygens (including phenoxy) is 1. The molecule has 0 atom stereocenters. The molecule has 4 aromatic rings. The molecular formula is C22H19ClN4O2S. The predicted octanol–water partition coefficient (Wildman–Crippen LogP) is 5.25. The number of fused-ring (bicyclic) bond motifs is 1. The fourth-order valence-corrected chi connectivity index (χ4v) is 4.33. The SMILES string of the molecule is CCOC(=O)c1c(CSc2nncn2-c2cccc(Cl)c2)nc2ccccc2c1C. The van der Waals surface area contributed by atoms with Crippen LogP contribution in [0.4, 0.5) is 0 Å². The van der Waals surface area contributed by atoms with Crippen LogP contribution in [0.2, 0.25) is 5.02 Å². The molecule has 2 aromatic carbocycles. The Hall–Kier alpha value is -2.90. The fourth-order valence-electron chi connectivity index (χ4n) is 3.28. The van der Waals surface area contributed by atoms with Crippen LogP contribution in [0.3, 0.4) is 0 Å². The molecule has 0 spiro atoms. The summed E-state index contributed by atoms with van der Waals surface area (Å²) in [6.45, 7) is 4.03. The van der Waals surface area contributed by atoms with Crippen molar-refractivity contribution in [2.75, 3.05) is 6.61 Å². The molecular weight excluding hydrogens is 420 g/mol. The zero-order valence-corrected chi connectivity index (χ0v) is 18.1. The highest BCUT2D eigenvalue weighted by molar-refractivity contribution is 7.98. The summed E-state index contributed by atoms with van der Waals surface area (Å²) in [4.78, 5) is 17.5. The number of thioether (sulfide) groups is 1. The molecule has 0 bridgehead atoms. The third kappa shape index (κ3) is 4.04. The molecule has 8 heteroatoms. The van der Waals surface area contributed by atoms with Gasteiger partial charge < -0.3 is 4.74 Å². The van der Waals surface area contributed by atoms with Gasteiger partial charge in [0.15, 0.2) is 5.16 Å². The molecule has 4 rings (SSSR count). The third-order valence-electron chi connectivity index (χ3n) is 4.65. The van der Waals surface area contributed by atoms with Gasteiger partial charge in [-0.25, -0.2) is 4.79 Å². The van der Waals surface area contributed by atoms with E-state index in [2.05, 4.69) is 10.2 Å². The van der Waals surface area contributed by atoms with Gasteiger partial charge in [0, 0.05) is 16.2 Å². The van der Waals surface area contributed by atoms with Crippen LogP contribution in [0.1, 0.15) is 28.5 Å². The Kier molecular flexibility index (Phi) is 6.01. The van der Waals surface area contributed by atoms with E-state index < -0.39 is 0 Å². The predicted molar refractivity (Wildman–Crippen MR) is 118 cm³/mol. The lowest BCUT2D eigenvalue weighted by atomic mass is 10.0. The topological polar surface area (TPSA) is 69.9 Å². The van der Waals surface area contributed by atoms with Gasteiger partial charge in [-0.05, 0) is 43.7 Å². The van der Waals surface area contributed by atoms with E-state index in [1.165, 1.54) is 11.8 Å². The van der Waals surface area contributed by atoms with Crippen LogP contribution in [0.15, 0.2) is 60.0 Å². The molecule has 6 nitrogen and oxygen atoms in total. The number of carbonyl (C=O) groups excluding carboxylic acids is 1. The van der Waals surface area contributed by atoms with Gasteiger partial charge in [-0.2, -0.15) is 0 Å². The average Bonchev–Trinajstić information content (AvgIpc) is 3.21. The van der Waals surface area contributed by atoms with E-state index in [0.29, 0.717) is 33.8 Å². The maximum Gasteiger partial charge on any atom is 0.340 e. The first-order valence-electron chi connectivity index (χ1n) is 9.42. The number of halogens is 1. The highest BCUT2D eigenvalue weighted by atomic mass is 35.5. The second kappa shape index (κ2) is 8.85. The molecule has 30 heavy (non-hydrogen) atoms. The number of rotatable bonds is 6. The lowest BCUT2D eigenvalue weighted by Crippen LogP contribution is -2.12. The van der Waals surface area contributed by atoms with Crippen molar-refractivity contribution in [1.29, 1.82) is 0 Å². The van der Waals surface area contributed by atoms with E-state index in [-0.39, 0.29) is 5.97 Å². The normalized spacial score (nSPS) is 11.0. The average molecular weight is 439 g/mol. The fraction of sp³-hybridized carbons (Fsp3) is 0.182. The standard InChI is InChI=1S/C22H19ClN4O2S/c1-3-29-21(28)20-14(2)17-9-4-5-10-18(17)25-19(20)12-30-22-26-24-13-27(22)16-8-6-7-15(23)11-16/h4-11,13H,3,12H2,1-2H3. The van der Waals surface area contributed by atoms with Gasteiger partial charge in [0.05, 0.1) is 29.1 Å². The maximum atomic E-state index is 12.7. The Morgan fingerprint density at radius 1 is 1.20 bits per heavy atom. The number of para-hydroxylation sites is 1. The molecule has 0 saturated heterocycles. The molecule has 0 unspecified atom stereocenters. The summed E-state index contributed by atoms with van der Waals surface area (Å²) < 4.78 is 7.16. The van der Waals surface area contributed by atoms with Crippen LogP contribution in [0, 0.1) is 6.92 Å². The van der Waals surface area contributed by atoms with Gasteiger partial charge in [0.2, 0.25) is 0 Å². The van der Waals surface area contributed by atoms with Crippen molar-refractivity contribution >= 4 is 40.2 Å². The van der Waals surface area contributed by atoms with Crippen molar-refractivity contribution in [3.63, 3.8) is 0 Å². The summed E-state index contributed by atoms with van der Waals surface area (Å²) in [5.74, 6) is 0.0826. The molecule has 0 aliphatic carbocycles. The monoisotopic (exact) mass is 438 g/mol. The number of hydrogen-bond acceptors (Lipinski definition) is 6. The number of nitrogens with zero attached hydrogens (tertiary/aromatic N) is 4. The molecule has 0 amide bonds. The highest BCUT2D eigenvalue weighted by Crippen LogP contribution is 2.29. The van der Waals surface area contributed by atoms with Crippen molar-refractivity contribution in [2.45, 2.75) is 24.8 Å². The van der Waals surface area contributed by atoms with Crippen molar-refractivity contribution in [3.8, 4) is 5.69 Å². The summed E-state index contributed by atoms with van der Waals surface area (Å²) >= 11 is 7.57. The minimum Gasteiger partial charge on any atom is -0.462 e. The molecule has 0 aliphatic rings. The molecule has 152 valence electrons. The summed E-state index contributed by atoms with van der Waals surface area (Å²) in [5, 5.41) is 10.5. The number of pyridine rings is 1. The number of carbonyl (C=O) groups is 1. The summed E-state index contributed by atoms with van der Waals surface area (Å²) in [6, 6.07) is 15.3. The van der Waals surface area contributed by atoms with Crippen LogP contribution in [-0.2, 0) is 10.5 Å². The van der Waals surface area contributed by atoms with Gasteiger partial charge in [0.1, 0.15) is 6.33 Å². The Labute approximate surface area is 183 Å². The number of benzene rings is 2. The van der Waals surface area contributed by atoms with Crippen LogP contribution in [0.25, 0.3) is 16.6 Å². The number of aromatic nitrogens is 4. The molecule has 0 fully saturated rings. The van der Waals surface area contributed by atoms with E-state index in [0.717, 1.165) is 22.2 Å². The van der Waals surface area contributed by atoms with Crippen molar-refractivity contribution in [1.82, 2.24) is 19.7 Å². The van der Waals surface area contributed by atoms with Crippen molar-refractivity contribution in [2.24, 2.45) is 0 Å². The largest absolute Gasteiger partial charge is 0.462 e. The molecule has 2 aromatic heterocycles. The summed E-state index contributed by atoms with van der Waals surface area (Å²) in [7, 11) is 0. The van der Waals surface area contributed by atoms with Crippen LogP contribution < -0.4 is 0 Å². The van der Waals surface area contributed by atoms with Gasteiger partial charge >= 0.3 is 5.97 Å². The maximum absolute atomic E-state index is 12.7. The molecule has 0 N–H and O–H groups in total. The first kappa shape index (κ1) is 20.4. The Morgan fingerprint density at radius 3 is 2.83 bits per heavy atom. The number of aryl methyl sites for hydroxylation is 1. The highest BCUT2D eigenvalue weighted by Gasteiger charge is 2.21. The van der Waals surface area contributed by atoms with E-state index in [4.69, 9.17) is 21.3 Å². The van der Waals surface area contributed by atoms with Crippen LogP contribution in [0.5, 0.6) is 0 Å². The van der Waals surface area contributed by atoms with E-state index in [1.54, 1.807) is 13.3 Å². The van der Waals surface area contributed by atoms with Gasteiger partial charge in [-0.3, -0.25) is 9.55 Å². The van der Waals surface area contributed by atoms with Crippen molar-refractivity contribution < 1.29 is 9.53 Å². The Balaban J connectivity index is 1.70. The molecule has 0 radical (unpaired) electrons. The quantitative estimate of drug-likeness (QED) is 0.302. The minimum absolute atomic E-state index is 0.306. The summed E-state index contributed by atoms with van der Waals surface area (Å²) in [5.41, 5.74) is 3.75. The second-order valence-electron chi connectivity index (χ2n) is 6.55. The Morgan fingerprint density at radius 2 is 2.03 bits per heavy atom. The van der Waals surface area contributed by atoms with Crippen LogP contribution >= 0.6 is 23.4 Å². The number of esters is 1.